The number of fused-ring (bicyclic) bond motifs is 3. The molecule has 0 radical (unpaired) electrons. The van der Waals surface area contributed by atoms with E-state index in [1.807, 2.05) is 30.3 Å². The van der Waals surface area contributed by atoms with E-state index in [9.17, 15) is 19.1 Å². The number of carbonyl (C=O) groups is 2. The van der Waals surface area contributed by atoms with Gasteiger partial charge in [-0.15, -0.1) is 0 Å². The SMILES string of the molecule is O=C(O)Cn1c2c(c3cc(F)cc(Br)c31)CC(NC(=O)OCc1ccccc1)CC2. The Kier molecular flexibility index (Phi) is 5.76. The highest BCUT2D eigenvalue weighted by Gasteiger charge is 2.28. The van der Waals surface area contributed by atoms with Crippen molar-refractivity contribution >= 4 is 38.9 Å². The fraction of sp³-hybridized carbons (Fsp3) is 0.273. The normalized spacial score (nSPS) is 15.6. The maximum Gasteiger partial charge on any atom is 0.407 e. The first-order chi connectivity index (χ1) is 14.4. The van der Waals surface area contributed by atoms with E-state index in [0.717, 1.165) is 16.8 Å². The Morgan fingerprint density at radius 2 is 2.03 bits per heavy atom. The minimum absolute atomic E-state index is 0.174. The predicted octanol–water partition coefficient (Wildman–Crippen LogP) is 4.41. The average Bonchev–Trinajstić information content (AvgIpc) is 3.00. The van der Waals surface area contributed by atoms with Crippen molar-refractivity contribution in [3.8, 4) is 0 Å². The minimum atomic E-state index is -0.962. The number of hydrogen-bond acceptors (Lipinski definition) is 3. The quantitative estimate of drug-likeness (QED) is 0.573. The van der Waals surface area contributed by atoms with Crippen LogP contribution in [0.5, 0.6) is 0 Å². The molecule has 1 atom stereocenters. The first-order valence-corrected chi connectivity index (χ1v) is 10.4. The van der Waals surface area contributed by atoms with Crippen LogP contribution in [0.15, 0.2) is 46.9 Å². The van der Waals surface area contributed by atoms with Crippen LogP contribution in [0.1, 0.15) is 23.2 Å². The number of carboxylic acid groups (broad SMARTS) is 1. The molecule has 1 aliphatic carbocycles. The molecule has 1 heterocycles. The number of hydrogen-bond donors (Lipinski definition) is 2. The van der Waals surface area contributed by atoms with E-state index in [-0.39, 0.29) is 19.2 Å². The molecule has 0 fully saturated rings. The van der Waals surface area contributed by atoms with Gasteiger partial charge in [0.2, 0.25) is 0 Å². The Morgan fingerprint density at radius 1 is 1.27 bits per heavy atom. The predicted molar refractivity (Wildman–Crippen MR) is 113 cm³/mol. The zero-order valence-electron chi connectivity index (χ0n) is 16.0. The molecule has 1 aliphatic rings. The number of nitrogens with zero attached hydrogens (tertiary/aromatic N) is 1. The zero-order chi connectivity index (χ0) is 21.3. The summed E-state index contributed by atoms with van der Waals surface area (Å²) in [7, 11) is 0. The molecule has 6 nitrogen and oxygen atoms in total. The van der Waals surface area contributed by atoms with Crippen molar-refractivity contribution in [2.45, 2.75) is 38.5 Å². The third-order valence-electron chi connectivity index (χ3n) is 5.31. The summed E-state index contributed by atoms with van der Waals surface area (Å²) in [5.41, 5.74) is 3.30. The monoisotopic (exact) mass is 474 g/mol. The van der Waals surface area contributed by atoms with Crippen molar-refractivity contribution in [1.29, 1.82) is 0 Å². The number of aromatic nitrogens is 1. The van der Waals surface area contributed by atoms with Gasteiger partial charge in [0.05, 0.1) is 5.52 Å². The highest BCUT2D eigenvalue weighted by molar-refractivity contribution is 9.10. The first-order valence-electron chi connectivity index (χ1n) is 9.60. The first kappa shape index (κ1) is 20.4. The van der Waals surface area contributed by atoms with Gasteiger partial charge in [-0.3, -0.25) is 4.79 Å². The number of benzene rings is 2. The van der Waals surface area contributed by atoms with E-state index in [1.165, 1.54) is 12.1 Å². The van der Waals surface area contributed by atoms with Gasteiger partial charge in [-0.2, -0.15) is 0 Å². The fourth-order valence-corrected chi connectivity index (χ4v) is 4.71. The van der Waals surface area contributed by atoms with E-state index in [0.29, 0.717) is 34.6 Å². The summed E-state index contributed by atoms with van der Waals surface area (Å²) in [5.74, 6) is -1.36. The van der Waals surface area contributed by atoms with Gasteiger partial charge in [-0.1, -0.05) is 30.3 Å². The fourth-order valence-electron chi connectivity index (χ4n) is 4.06. The molecule has 1 unspecified atom stereocenters. The summed E-state index contributed by atoms with van der Waals surface area (Å²) in [6.07, 6.45) is 1.20. The van der Waals surface area contributed by atoms with Gasteiger partial charge in [0.25, 0.3) is 0 Å². The number of nitrogens with one attached hydrogen (secondary N) is 1. The molecule has 1 aromatic heterocycles. The topological polar surface area (TPSA) is 80.6 Å². The smallest absolute Gasteiger partial charge is 0.407 e. The molecule has 30 heavy (non-hydrogen) atoms. The molecule has 0 spiro atoms. The second kappa shape index (κ2) is 8.47. The molecular formula is C22H20BrFN2O4. The maximum absolute atomic E-state index is 14.1. The molecule has 0 saturated heterocycles. The zero-order valence-corrected chi connectivity index (χ0v) is 17.6. The van der Waals surface area contributed by atoms with E-state index < -0.39 is 17.9 Å². The van der Waals surface area contributed by atoms with Crippen molar-refractivity contribution in [2.24, 2.45) is 0 Å². The number of carboxylic acids is 1. The molecule has 1 amide bonds. The Hall–Kier alpha value is -2.87. The van der Waals surface area contributed by atoms with Crippen LogP contribution < -0.4 is 5.32 Å². The number of ether oxygens (including phenoxy) is 1. The molecule has 2 aromatic carbocycles. The summed E-state index contributed by atoms with van der Waals surface area (Å²) >= 11 is 3.37. The Labute approximate surface area is 180 Å². The molecular weight excluding hydrogens is 455 g/mol. The maximum atomic E-state index is 14.1. The van der Waals surface area contributed by atoms with Crippen LogP contribution in [0.4, 0.5) is 9.18 Å². The Morgan fingerprint density at radius 3 is 2.77 bits per heavy atom. The van der Waals surface area contributed by atoms with Crippen LogP contribution in [0.25, 0.3) is 10.9 Å². The molecule has 4 rings (SSSR count). The number of rotatable bonds is 5. The largest absolute Gasteiger partial charge is 0.480 e. The highest BCUT2D eigenvalue weighted by Crippen LogP contribution is 2.36. The molecule has 0 aliphatic heterocycles. The second-order valence-corrected chi connectivity index (χ2v) is 8.19. The van der Waals surface area contributed by atoms with Crippen LogP contribution in [-0.4, -0.2) is 27.8 Å². The van der Waals surface area contributed by atoms with Gasteiger partial charge in [0, 0.05) is 21.6 Å². The standard InChI is InChI=1S/C22H20BrFN2O4/c23-18-9-14(24)8-17-16-10-15(6-7-19(16)26(21(17)18)11-20(27)28)25-22(29)30-12-13-4-2-1-3-5-13/h1-5,8-9,15H,6-7,10-12H2,(H,25,29)(H,27,28). The molecule has 0 saturated carbocycles. The van der Waals surface area contributed by atoms with E-state index in [4.69, 9.17) is 4.74 Å². The number of alkyl carbamates (subject to hydrolysis) is 1. The lowest BCUT2D eigenvalue weighted by molar-refractivity contribution is -0.137. The third kappa shape index (κ3) is 4.18. The van der Waals surface area contributed by atoms with E-state index >= 15 is 0 Å². The van der Waals surface area contributed by atoms with Gasteiger partial charge in [0.1, 0.15) is 19.0 Å². The van der Waals surface area contributed by atoms with Gasteiger partial charge < -0.3 is 19.7 Å². The van der Waals surface area contributed by atoms with Gasteiger partial charge in [-0.05, 0) is 58.5 Å². The van der Waals surface area contributed by atoms with Crippen LogP contribution in [0.2, 0.25) is 0 Å². The average molecular weight is 475 g/mol. The van der Waals surface area contributed by atoms with Crippen LogP contribution >= 0.6 is 15.9 Å². The minimum Gasteiger partial charge on any atom is -0.480 e. The van der Waals surface area contributed by atoms with Gasteiger partial charge >= 0.3 is 12.1 Å². The molecule has 8 heteroatoms. The van der Waals surface area contributed by atoms with Crippen molar-refractivity contribution in [3.05, 3.63) is 69.6 Å². The summed E-state index contributed by atoms with van der Waals surface area (Å²) in [5, 5.41) is 12.9. The highest BCUT2D eigenvalue weighted by atomic mass is 79.9. The number of halogens is 2. The van der Waals surface area contributed by atoms with Crippen molar-refractivity contribution in [3.63, 3.8) is 0 Å². The molecule has 3 aromatic rings. The number of carbonyl (C=O) groups excluding carboxylic acids is 1. The molecule has 156 valence electrons. The van der Waals surface area contributed by atoms with E-state index in [1.54, 1.807) is 4.57 Å². The van der Waals surface area contributed by atoms with Crippen LogP contribution in [0.3, 0.4) is 0 Å². The molecule has 2 N–H and O–H groups in total. The second-order valence-electron chi connectivity index (χ2n) is 7.33. The number of aliphatic carboxylic acids is 1. The van der Waals surface area contributed by atoms with Crippen molar-refractivity contribution in [1.82, 2.24) is 9.88 Å². The summed E-state index contributed by atoms with van der Waals surface area (Å²) in [4.78, 5) is 23.6. The van der Waals surface area contributed by atoms with Crippen LogP contribution in [0, 0.1) is 5.82 Å². The summed E-state index contributed by atoms with van der Waals surface area (Å²) in [6.45, 7) is -0.0198. The van der Waals surface area contributed by atoms with E-state index in [2.05, 4.69) is 21.2 Å². The van der Waals surface area contributed by atoms with Crippen molar-refractivity contribution in [2.75, 3.05) is 0 Å². The Balaban J connectivity index is 1.54. The van der Waals surface area contributed by atoms with Crippen LogP contribution in [-0.2, 0) is 35.5 Å². The van der Waals surface area contributed by atoms with Crippen molar-refractivity contribution < 1.29 is 23.8 Å². The molecule has 0 bridgehead atoms. The Bertz CT molecular complexity index is 1110. The lowest BCUT2D eigenvalue weighted by atomic mass is 9.91. The number of amides is 1. The van der Waals surface area contributed by atoms with Gasteiger partial charge in [0.15, 0.2) is 0 Å². The van der Waals surface area contributed by atoms with Gasteiger partial charge in [-0.25, -0.2) is 9.18 Å². The third-order valence-corrected chi connectivity index (χ3v) is 5.91. The summed E-state index contributed by atoms with van der Waals surface area (Å²) in [6, 6.07) is 12.0. The summed E-state index contributed by atoms with van der Waals surface area (Å²) < 4.78 is 21.6. The lowest BCUT2D eigenvalue weighted by Crippen LogP contribution is -2.39. The lowest BCUT2D eigenvalue weighted by Gasteiger charge is -2.24.